The molecule has 0 unspecified atom stereocenters. The molecule has 1 heterocycles. The Morgan fingerprint density at radius 3 is 3.00 bits per heavy atom. The van der Waals surface area contributed by atoms with Crippen LogP contribution in [0.3, 0.4) is 0 Å². The van der Waals surface area contributed by atoms with Crippen LogP contribution in [0, 0.1) is 5.82 Å². The lowest BCUT2D eigenvalue weighted by molar-refractivity contribution is -0.142. The lowest BCUT2D eigenvalue weighted by Crippen LogP contribution is -2.08. The average molecular weight is 327 g/mol. The van der Waals surface area contributed by atoms with Crippen LogP contribution in [0.2, 0.25) is 0 Å². The van der Waals surface area contributed by atoms with E-state index in [-0.39, 0.29) is 18.2 Å². The molecule has 0 bridgehead atoms. The molecule has 4 nitrogen and oxygen atoms in total. The first-order valence-corrected chi connectivity index (χ1v) is 6.54. The van der Waals surface area contributed by atoms with E-state index in [4.69, 9.17) is 4.74 Å². The van der Waals surface area contributed by atoms with Crippen molar-refractivity contribution in [1.82, 2.24) is 9.97 Å². The zero-order valence-electron chi connectivity index (χ0n) is 10.2. The molecule has 6 heteroatoms. The Morgan fingerprint density at radius 2 is 2.32 bits per heavy atom. The van der Waals surface area contributed by atoms with E-state index in [1.54, 1.807) is 25.3 Å². The van der Waals surface area contributed by atoms with E-state index in [9.17, 15) is 9.18 Å². The van der Waals surface area contributed by atoms with Crippen LogP contribution in [-0.4, -0.2) is 22.5 Å². The van der Waals surface area contributed by atoms with Crippen molar-refractivity contribution in [2.24, 2.45) is 0 Å². The molecule has 0 fully saturated rings. The number of hydrogen-bond donors (Lipinski definition) is 1. The minimum atomic E-state index is -0.354. The number of H-pyrrole nitrogens is 1. The topological polar surface area (TPSA) is 55.0 Å². The summed E-state index contributed by atoms with van der Waals surface area (Å²) >= 11 is 3.09. The molecule has 0 amide bonds. The van der Waals surface area contributed by atoms with Crippen molar-refractivity contribution in [2.45, 2.75) is 13.3 Å². The third-order valence-corrected chi connectivity index (χ3v) is 3.11. The Kier molecular flexibility index (Phi) is 4.31. The van der Waals surface area contributed by atoms with Gasteiger partial charge in [0, 0.05) is 11.8 Å². The monoisotopic (exact) mass is 326 g/mol. The molecule has 2 rings (SSSR count). The van der Waals surface area contributed by atoms with Gasteiger partial charge in [-0.15, -0.1) is 0 Å². The fourth-order valence-electron chi connectivity index (χ4n) is 1.60. The van der Waals surface area contributed by atoms with Gasteiger partial charge in [0.15, 0.2) is 0 Å². The molecule has 1 N–H and O–H groups in total. The largest absolute Gasteiger partial charge is 0.466 e. The summed E-state index contributed by atoms with van der Waals surface area (Å²) in [4.78, 5) is 18.4. The van der Waals surface area contributed by atoms with Crippen LogP contribution in [0.15, 0.2) is 28.9 Å². The molecule has 2 aromatic rings. The molecule has 1 aromatic carbocycles. The third-order valence-electron chi connectivity index (χ3n) is 2.46. The standard InChI is InChI=1S/C13H12BrFN2O2/c1-2-19-13(18)6-12-16-7-11(17-12)8-3-4-9(14)10(15)5-8/h3-5,7H,2,6H2,1H3,(H,16,17). The van der Waals surface area contributed by atoms with Gasteiger partial charge in [0.1, 0.15) is 18.1 Å². The Balaban J connectivity index is 2.16. The summed E-state index contributed by atoms with van der Waals surface area (Å²) in [5, 5.41) is 0. The molecule has 0 atom stereocenters. The highest BCUT2D eigenvalue weighted by molar-refractivity contribution is 9.10. The smallest absolute Gasteiger partial charge is 0.313 e. The van der Waals surface area contributed by atoms with Gasteiger partial charge >= 0.3 is 5.97 Å². The van der Waals surface area contributed by atoms with Crippen LogP contribution < -0.4 is 0 Å². The quantitative estimate of drug-likeness (QED) is 0.878. The number of hydrogen-bond acceptors (Lipinski definition) is 3. The Labute approximate surface area is 118 Å². The van der Waals surface area contributed by atoms with Crippen molar-refractivity contribution < 1.29 is 13.9 Å². The summed E-state index contributed by atoms with van der Waals surface area (Å²) in [7, 11) is 0. The molecular formula is C13H12BrFN2O2. The Morgan fingerprint density at radius 1 is 1.53 bits per heavy atom. The van der Waals surface area contributed by atoms with Crippen molar-refractivity contribution in [3.63, 3.8) is 0 Å². The Bertz CT molecular complexity index is 598. The summed E-state index contributed by atoms with van der Waals surface area (Å²) in [5.41, 5.74) is 1.23. The minimum absolute atomic E-state index is 0.0762. The number of carbonyl (C=O) groups is 1. The van der Waals surface area contributed by atoms with Crippen LogP contribution in [-0.2, 0) is 16.0 Å². The van der Waals surface area contributed by atoms with Gasteiger partial charge in [-0.25, -0.2) is 9.37 Å². The number of ether oxygens (including phenoxy) is 1. The maximum absolute atomic E-state index is 13.4. The number of halogens is 2. The molecule has 0 aliphatic carbocycles. The van der Waals surface area contributed by atoms with Crippen LogP contribution in [0.5, 0.6) is 0 Å². The van der Waals surface area contributed by atoms with Crippen LogP contribution in [0.4, 0.5) is 4.39 Å². The highest BCUT2D eigenvalue weighted by Crippen LogP contribution is 2.23. The first-order valence-electron chi connectivity index (χ1n) is 5.75. The van der Waals surface area contributed by atoms with Gasteiger partial charge in [-0.3, -0.25) is 4.79 Å². The molecular weight excluding hydrogens is 315 g/mol. The molecule has 100 valence electrons. The van der Waals surface area contributed by atoms with E-state index in [2.05, 4.69) is 25.9 Å². The van der Waals surface area contributed by atoms with Gasteiger partial charge < -0.3 is 9.72 Å². The van der Waals surface area contributed by atoms with Crippen LogP contribution in [0.25, 0.3) is 11.3 Å². The fourth-order valence-corrected chi connectivity index (χ4v) is 1.85. The highest BCUT2D eigenvalue weighted by Gasteiger charge is 2.10. The maximum atomic E-state index is 13.4. The molecule has 0 saturated carbocycles. The maximum Gasteiger partial charge on any atom is 0.313 e. The third kappa shape index (κ3) is 3.41. The summed E-state index contributed by atoms with van der Waals surface area (Å²) in [6.07, 6.45) is 1.71. The minimum Gasteiger partial charge on any atom is -0.466 e. The molecule has 0 spiro atoms. The first kappa shape index (κ1) is 13.7. The van der Waals surface area contributed by atoms with Gasteiger partial charge in [0.05, 0.1) is 16.8 Å². The summed E-state index contributed by atoms with van der Waals surface area (Å²) < 4.78 is 18.7. The van der Waals surface area contributed by atoms with Gasteiger partial charge in [-0.05, 0) is 35.0 Å². The summed E-state index contributed by atoms with van der Waals surface area (Å²) in [6, 6.07) is 4.75. The average Bonchev–Trinajstić information content (AvgIpc) is 2.81. The van der Waals surface area contributed by atoms with E-state index in [0.717, 1.165) is 0 Å². The second-order valence-corrected chi connectivity index (χ2v) is 4.70. The number of benzene rings is 1. The SMILES string of the molecule is CCOC(=O)Cc1nc(-c2ccc(Br)c(F)c2)c[nH]1. The van der Waals surface area contributed by atoms with E-state index >= 15 is 0 Å². The van der Waals surface area contributed by atoms with E-state index in [0.29, 0.717) is 28.2 Å². The second-order valence-electron chi connectivity index (χ2n) is 3.84. The molecule has 0 saturated heterocycles. The zero-order valence-corrected chi connectivity index (χ0v) is 11.8. The van der Waals surface area contributed by atoms with E-state index in [1.807, 2.05) is 0 Å². The molecule has 0 aliphatic rings. The molecule has 1 aromatic heterocycles. The molecule has 0 aliphatic heterocycles. The first-order chi connectivity index (χ1) is 9.10. The number of esters is 1. The number of nitrogens with zero attached hydrogens (tertiary/aromatic N) is 1. The Hall–Kier alpha value is -1.69. The number of aromatic amines is 1. The van der Waals surface area contributed by atoms with Gasteiger partial charge in [0.2, 0.25) is 0 Å². The van der Waals surface area contributed by atoms with Crippen molar-refractivity contribution in [3.8, 4) is 11.3 Å². The van der Waals surface area contributed by atoms with E-state index < -0.39 is 0 Å². The van der Waals surface area contributed by atoms with Gasteiger partial charge in [-0.2, -0.15) is 0 Å². The van der Waals surface area contributed by atoms with Crippen LogP contribution >= 0.6 is 15.9 Å². The lowest BCUT2D eigenvalue weighted by atomic mass is 10.2. The number of carbonyl (C=O) groups excluding carboxylic acids is 1. The fraction of sp³-hybridized carbons (Fsp3) is 0.231. The highest BCUT2D eigenvalue weighted by atomic mass is 79.9. The van der Waals surface area contributed by atoms with Crippen molar-refractivity contribution >= 4 is 21.9 Å². The number of rotatable bonds is 4. The predicted molar refractivity (Wildman–Crippen MR) is 72.0 cm³/mol. The zero-order chi connectivity index (χ0) is 13.8. The number of nitrogens with one attached hydrogen (secondary N) is 1. The number of imidazole rings is 1. The predicted octanol–water partition coefficient (Wildman–Crippen LogP) is 3.08. The van der Waals surface area contributed by atoms with Crippen molar-refractivity contribution in [1.29, 1.82) is 0 Å². The van der Waals surface area contributed by atoms with Crippen molar-refractivity contribution in [3.05, 3.63) is 40.5 Å². The summed E-state index contributed by atoms with van der Waals surface area (Å²) in [5.74, 6) is -0.199. The lowest BCUT2D eigenvalue weighted by Gasteiger charge is -1.99. The molecule has 19 heavy (non-hydrogen) atoms. The second kappa shape index (κ2) is 5.97. The number of aromatic nitrogens is 2. The summed E-state index contributed by atoms with van der Waals surface area (Å²) in [6.45, 7) is 2.08. The molecule has 0 radical (unpaired) electrons. The van der Waals surface area contributed by atoms with Gasteiger partial charge in [-0.1, -0.05) is 6.07 Å². The normalized spacial score (nSPS) is 10.5. The van der Waals surface area contributed by atoms with Crippen molar-refractivity contribution in [2.75, 3.05) is 6.61 Å². The van der Waals surface area contributed by atoms with Gasteiger partial charge in [0.25, 0.3) is 0 Å². The van der Waals surface area contributed by atoms with E-state index in [1.165, 1.54) is 6.07 Å². The van der Waals surface area contributed by atoms with Crippen LogP contribution in [0.1, 0.15) is 12.7 Å².